The molecule has 196 valence electrons. The van der Waals surface area contributed by atoms with Gasteiger partial charge in [-0.2, -0.15) is 0 Å². The smallest absolute Gasteiger partial charge is 0.262 e. The molecule has 1 amide bonds. The predicted molar refractivity (Wildman–Crippen MR) is 143 cm³/mol. The Labute approximate surface area is 224 Å². The Morgan fingerprint density at radius 3 is 2.70 bits per heavy atom. The largest absolute Gasteiger partial charge is 0.376 e. The second-order valence-corrected chi connectivity index (χ2v) is 11.1. The molecule has 2 aliphatic rings. The summed E-state index contributed by atoms with van der Waals surface area (Å²) in [5.41, 5.74) is 6.76. The maximum absolute atomic E-state index is 13.0. The molecule has 0 radical (unpaired) electrons. The van der Waals surface area contributed by atoms with Crippen molar-refractivity contribution in [2.24, 2.45) is 11.1 Å². The van der Waals surface area contributed by atoms with Crippen LogP contribution in [0.25, 0.3) is 10.9 Å². The highest BCUT2D eigenvalue weighted by molar-refractivity contribution is 7.99. The summed E-state index contributed by atoms with van der Waals surface area (Å²) in [5, 5.41) is 4.02. The number of rotatable bonds is 6. The van der Waals surface area contributed by atoms with Crippen LogP contribution in [-0.2, 0) is 16.1 Å². The highest BCUT2D eigenvalue weighted by Crippen LogP contribution is 2.42. The van der Waals surface area contributed by atoms with Crippen LogP contribution in [-0.4, -0.2) is 63.8 Å². The van der Waals surface area contributed by atoms with E-state index in [0.717, 1.165) is 38.4 Å². The molecule has 1 aromatic carbocycles. The van der Waals surface area contributed by atoms with Gasteiger partial charge in [0.15, 0.2) is 0 Å². The number of amides is 1. The van der Waals surface area contributed by atoms with Gasteiger partial charge in [0.25, 0.3) is 5.56 Å². The Bertz CT molecular complexity index is 1360. The first kappa shape index (κ1) is 25.9. The maximum atomic E-state index is 13.0. The third kappa shape index (κ3) is 5.18. The number of ether oxygens (including phenoxy) is 1. The van der Waals surface area contributed by atoms with Gasteiger partial charge in [0, 0.05) is 49.5 Å². The molecule has 0 bridgehead atoms. The topological polar surface area (TPSA) is 128 Å². The van der Waals surface area contributed by atoms with Gasteiger partial charge in [-0.05, 0) is 31.9 Å². The minimum absolute atomic E-state index is 0.0589. The molecule has 2 fully saturated rings. The first-order valence-electron chi connectivity index (χ1n) is 12.3. The lowest BCUT2D eigenvalue weighted by molar-refractivity contribution is -0.118. The highest BCUT2D eigenvalue weighted by Gasteiger charge is 2.47. The summed E-state index contributed by atoms with van der Waals surface area (Å²) in [4.78, 5) is 40.7. The molecule has 3 N–H and O–H groups in total. The number of piperidine rings is 1. The molecule has 12 heteroatoms. The van der Waals surface area contributed by atoms with Gasteiger partial charge in [0.05, 0.1) is 47.4 Å². The number of nitrogens with one attached hydrogen (secondary N) is 1. The minimum atomic E-state index is -0.256. The maximum Gasteiger partial charge on any atom is 0.262 e. The second-order valence-electron chi connectivity index (χ2n) is 9.70. The minimum Gasteiger partial charge on any atom is -0.376 e. The Kier molecular flexibility index (Phi) is 7.39. The van der Waals surface area contributed by atoms with E-state index in [4.69, 9.17) is 22.1 Å². The summed E-state index contributed by atoms with van der Waals surface area (Å²) >= 11 is 8.01. The molecular formula is C25H30ClN7O3S. The van der Waals surface area contributed by atoms with Crippen LogP contribution in [0.1, 0.15) is 26.7 Å². The number of anilines is 1. The van der Waals surface area contributed by atoms with Crippen LogP contribution < -0.4 is 21.5 Å². The van der Waals surface area contributed by atoms with Gasteiger partial charge in [-0.15, -0.1) is 0 Å². The van der Waals surface area contributed by atoms with Crippen LogP contribution in [0.4, 0.5) is 5.82 Å². The number of nitrogens with zero attached hydrogens (tertiary/aromatic N) is 5. The summed E-state index contributed by atoms with van der Waals surface area (Å²) in [6.07, 6.45) is 7.02. The Hall–Kier alpha value is -2.73. The molecular weight excluding hydrogens is 514 g/mol. The van der Waals surface area contributed by atoms with Crippen molar-refractivity contribution in [3.63, 3.8) is 0 Å². The molecule has 2 aromatic heterocycles. The predicted octanol–water partition coefficient (Wildman–Crippen LogP) is 2.46. The van der Waals surface area contributed by atoms with Crippen molar-refractivity contribution in [3.05, 3.63) is 46.2 Å². The van der Waals surface area contributed by atoms with Gasteiger partial charge >= 0.3 is 0 Å². The number of halogens is 1. The normalized spacial score (nSPS) is 21.0. The lowest BCUT2D eigenvalue weighted by atomic mass is 9.73. The average molecular weight is 544 g/mol. The number of aromatic nitrogens is 4. The molecule has 0 saturated carbocycles. The van der Waals surface area contributed by atoms with Gasteiger partial charge in [-0.25, -0.2) is 15.0 Å². The average Bonchev–Trinajstić information content (AvgIpc) is 3.16. The third-order valence-electron chi connectivity index (χ3n) is 7.38. The van der Waals surface area contributed by atoms with Gasteiger partial charge in [0.1, 0.15) is 10.8 Å². The zero-order valence-corrected chi connectivity index (χ0v) is 22.4. The van der Waals surface area contributed by atoms with Gasteiger partial charge in [-0.1, -0.05) is 23.4 Å². The van der Waals surface area contributed by atoms with E-state index in [2.05, 4.69) is 32.1 Å². The Morgan fingerprint density at radius 1 is 1.27 bits per heavy atom. The van der Waals surface area contributed by atoms with Crippen molar-refractivity contribution in [1.82, 2.24) is 24.8 Å². The van der Waals surface area contributed by atoms with E-state index in [0.29, 0.717) is 38.9 Å². The number of carbonyl (C=O) groups excluding carboxylic acids is 1. The fraction of sp³-hybridized carbons (Fsp3) is 0.480. The summed E-state index contributed by atoms with van der Waals surface area (Å²) in [5.74, 6) is 0.674. The lowest BCUT2D eigenvalue weighted by Gasteiger charge is -2.41. The van der Waals surface area contributed by atoms with E-state index < -0.39 is 0 Å². The van der Waals surface area contributed by atoms with E-state index in [1.807, 2.05) is 6.07 Å². The molecule has 3 aromatic rings. The Morgan fingerprint density at radius 2 is 2.05 bits per heavy atom. The summed E-state index contributed by atoms with van der Waals surface area (Å²) in [6, 6.07) is 3.67. The number of benzene rings is 1. The SMILES string of the molecule is CC(=O)NCCn1cnc2ccc(Sc3cnc(N4CCC5(CC4)CO[C@@H](C)[C@H]5N)cn3)c(Cl)c2c1=O. The van der Waals surface area contributed by atoms with E-state index >= 15 is 0 Å². The van der Waals surface area contributed by atoms with Gasteiger partial charge < -0.3 is 20.7 Å². The third-order valence-corrected chi connectivity index (χ3v) is 8.87. The van der Waals surface area contributed by atoms with E-state index in [1.165, 1.54) is 29.6 Å². The first-order valence-corrected chi connectivity index (χ1v) is 13.5. The summed E-state index contributed by atoms with van der Waals surface area (Å²) < 4.78 is 7.27. The van der Waals surface area contributed by atoms with Crippen molar-refractivity contribution >= 4 is 46.0 Å². The lowest BCUT2D eigenvalue weighted by Crippen LogP contribution is -2.50. The van der Waals surface area contributed by atoms with Crippen LogP contribution in [0.3, 0.4) is 0 Å². The number of nitrogens with two attached hydrogens (primary N) is 1. The number of hydrogen-bond donors (Lipinski definition) is 2. The standard InChI is InChI=1S/C25H30ClN7O3S/c1-15-23(27)25(13-36-15)5-8-32(9-6-25)19-11-30-20(12-29-19)37-18-4-3-17-21(22(18)26)24(35)33(14-31-17)10-7-28-16(2)34/h3-4,11-12,14-15,23H,5-10,13,27H2,1-2H3,(H,28,34)/t15-,23+/m0/s1. The summed E-state index contributed by atoms with van der Waals surface area (Å²) in [7, 11) is 0. The first-order chi connectivity index (χ1) is 17.8. The van der Waals surface area contributed by atoms with Crippen molar-refractivity contribution in [3.8, 4) is 0 Å². The van der Waals surface area contributed by atoms with Crippen molar-refractivity contribution < 1.29 is 9.53 Å². The van der Waals surface area contributed by atoms with E-state index in [-0.39, 0.29) is 29.0 Å². The second kappa shape index (κ2) is 10.6. The van der Waals surface area contributed by atoms with Crippen molar-refractivity contribution in [1.29, 1.82) is 0 Å². The van der Waals surface area contributed by atoms with Crippen LogP contribution in [0, 0.1) is 5.41 Å². The molecule has 10 nitrogen and oxygen atoms in total. The highest BCUT2D eigenvalue weighted by atomic mass is 35.5. The molecule has 1 spiro atoms. The van der Waals surface area contributed by atoms with Crippen LogP contribution in [0.5, 0.6) is 0 Å². The van der Waals surface area contributed by atoms with Gasteiger partial charge in [-0.3, -0.25) is 14.2 Å². The van der Waals surface area contributed by atoms with Crippen molar-refractivity contribution in [2.75, 3.05) is 31.1 Å². The molecule has 4 heterocycles. The fourth-order valence-electron chi connectivity index (χ4n) is 5.07. The molecule has 2 saturated heterocycles. The molecule has 37 heavy (non-hydrogen) atoms. The Balaban J connectivity index is 1.28. The fourth-order valence-corrected chi connectivity index (χ4v) is 6.19. The van der Waals surface area contributed by atoms with E-state index in [1.54, 1.807) is 18.5 Å². The zero-order valence-electron chi connectivity index (χ0n) is 20.8. The van der Waals surface area contributed by atoms with E-state index in [9.17, 15) is 9.59 Å². The monoisotopic (exact) mass is 543 g/mol. The van der Waals surface area contributed by atoms with Crippen LogP contribution in [0.15, 0.2) is 45.6 Å². The molecule has 0 aliphatic carbocycles. The molecule has 5 rings (SSSR count). The summed E-state index contributed by atoms with van der Waals surface area (Å²) in [6.45, 7) is 6.57. The van der Waals surface area contributed by atoms with Gasteiger partial charge in [0.2, 0.25) is 5.91 Å². The molecule has 2 atom stereocenters. The number of hydrogen-bond acceptors (Lipinski definition) is 9. The number of fused-ring (bicyclic) bond motifs is 1. The van der Waals surface area contributed by atoms with Crippen LogP contribution >= 0.6 is 23.4 Å². The van der Waals surface area contributed by atoms with Crippen LogP contribution in [0.2, 0.25) is 5.02 Å². The quantitative estimate of drug-likeness (QED) is 0.481. The molecule has 0 unspecified atom stereocenters. The molecule has 2 aliphatic heterocycles. The van der Waals surface area contributed by atoms with Crippen molar-refractivity contribution in [2.45, 2.75) is 55.3 Å². The zero-order chi connectivity index (χ0) is 26.2. The number of carbonyl (C=O) groups is 1.